The second-order valence-electron chi connectivity index (χ2n) is 3.38. The molecular weight excluding hydrogens is 164 g/mol. The van der Waals surface area contributed by atoms with Crippen molar-refractivity contribution in [2.75, 3.05) is 26.7 Å². The smallest absolute Gasteiger partial charge is 0.146 e. The molecule has 13 heavy (non-hydrogen) atoms. The van der Waals surface area contributed by atoms with E-state index in [0.29, 0.717) is 6.04 Å². The first-order valence-electron chi connectivity index (χ1n) is 4.55. The lowest BCUT2D eigenvalue weighted by molar-refractivity contribution is 0.235. The zero-order valence-corrected chi connectivity index (χ0v) is 7.77. The molecule has 0 spiro atoms. The van der Waals surface area contributed by atoms with E-state index in [9.17, 15) is 0 Å². The van der Waals surface area contributed by atoms with Gasteiger partial charge in [0.1, 0.15) is 5.82 Å². The molecule has 1 aliphatic heterocycles. The summed E-state index contributed by atoms with van der Waals surface area (Å²) in [5.41, 5.74) is 0. The van der Waals surface area contributed by atoms with Crippen molar-refractivity contribution in [3.05, 3.63) is 24.3 Å². The number of hydrogen-bond donors (Lipinski definition) is 1. The average molecular weight is 178 g/mol. The molecule has 1 saturated heterocycles. The van der Waals surface area contributed by atoms with Crippen LogP contribution in [0.1, 0.15) is 11.9 Å². The van der Waals surface area contributed by atoms with E-state index in [1.165, 1.54) is 0 Å². The number of aromatic nitrogens is 2. The van der Waals surface area contributed by atoms with Crippen molar-refractivity contribution >= 4 is 0 Å². The van der Waals surface area contributed by atoms with Crippen LogP contribution >= 0.6 is 0 Å². The highest BCUT2D eigenvalue weighted by Crippen LogP contribution is 2.10. The second-order valence-corrected chi connectivity index (χ2v) is 3.38. The molecule has 4 nitrogen and oxygen atoms in total. The van der Waals surface area contributed by atoms with Gasteiger partial charge in [-0.1, -0.05) is 0 Å². The topological polar surface area (TPSA) is 41.0 Å². The Labute approximate surface area is 78.0 Å². The van der Waals surface area contributed by atoms with E-state index >= 15 is 0 Å². The SMILES string of the molecule is CN1CCNC(c2ncccn2)C1. The number of hydrogen-bond acceptors (Lipinski definition) is 4. The fourth-order valence-electron chi connectivity index (χ4n) is 1.56. The van der Waals surface area contributed by atoms with Crippen LogP contribution in [0.5, 0.6) is 0 Å². The number of nitrogens with zero attached hydrogens (tertiary/aromatic N) is 3. The van der Waals surface area contributed by atoms with Gasteiger partial charge in [0.05, 0.1) is 6.04 Å². The van der Waals surface area contributed by atoms with Gasteiger partial charge >= 0.3 is 0 Å². The first kappa shape index (κ1) is 8.59. The molecular formula is C9H14N4. The van der Waals surface area contributed by atoms with Crippen LogP contribution < -0.4 is 5.32 Å². The summed E-state index contributed by atoms with van der Waals surface area (Å²) in [5.74, 6) is 0.897. The van der Waals surface area contributed by atoms with Crippen LogP contribution in [0.3, 0.4) is 0 Å². The van der Waals surface area contributed by atoms with E-state index < -0.39 is 0 Å². The normalized spacial score (nSPS) is 24.5. The number of piperazine rings is 1. The Morgan fingerprint density at radius 2 is 2.23 bits per heavy atom. The predicted molar refractivity (Wildman–Crippen MR) is 50.3 cm³/mol. The molecule has 4 heteroatoms. The van der Waals surface area contributed by atoms with Crippen LogP contribution in [0.15, 0.2) is 18.5 Å². The van der Waals surface area contributed by atoms with Gasteiger partial charge in [0.2, 0.25) is 0 Å². The summed E-state index contributed by atoms with van der Waals surface area (Å²) in [7, 11) is 2.12. The van der Waals surface area contributed by atoms with Gasteiger partial charge in [-0.25, -0.2) is 9.97 Å². The Bertz CT molecular complexity index is 262. The average Bonchev–Trinajstić information content (AvgIpc) is 2.19. The molecule has 2 rings (SSSR count). The van der Waals surface area contributed by atoms with Crippen LogP contribution in [-0.2, 0) is 0 Å². The quantitative estimate of drug-likeness (QED) is 0.660. The van der Waals surface area contributed by atoms with Crippen LogP contribution in [0.4, 0.5) is 0 Å². The van der Waals surface area contributed by atoms with Gasteiger partial charge in [-0.3, -0.25) is 0 Å². The molecule has 0 amide bonds. The largest absolute Gasteiger partial charge is 0.305 e. The Morgan fingerprint density at radius 3 is 2.92 bits per heavy atom. The highest BCUT2D eigenvalue weighted by Gasteiger charge is 2.19. The van der Waals surface area contributed by atoms with Crippen molar-refractivity contribution in [1.82, 2.24) is 20.2 Å². The van der Waals surface area contributed by atoms with Crippen molar-refractivity contribution in [1.29, 1.82) is 0 Å². The van der Waals surface area contributed by atoms with Crippen LogP contribution in [0.2, 0.25) is 0 Å². The van der Waals surface area contributed by atoms with Gasteiger partial charge in [-0.15, -0.1) is 0 Å². The van der Waals surface area contributed by atoms with E-state index in [2.05, 4.69) is 27.2 Å². The highest BCUT2D eigenvalue weighted by atomic mass is 15.2. The van der Waals surface area contributed by atoms with Crippen molar-refractivity contribution in [3.63, 3.8) is 0 Å². The lowest BCUT2D eigenvalue weighted by atomic mass is 10.2. The van der Waals surface area contributed by atoms with Gasteiger partial charge < -0.3 is 10.2 Å². The van der Waals surface area contributed by atoms with Crippen LogP contribution in [0, 0.1) is 0 Å². The summed E-state index contributed by atoms with van der Waals surface area (Å²) < 4.78 is 0. The highest BCUT2D eigenvalue weighted by molar-refractivity contribution is 4.98. The zero-order chi connectivity index (χ0) is 9.10. The van der Waals surface area contributed by atoms with Crippen LogP contribution in [-0.4, -0.2) is 41.5 Å². The summed E-state index contributed by atoms with van der Waals surface area (Å²) in [6.45, 7) is 3.10. The molecule has 2 heterocycles. The van der Waals surface area contributed by atoms with E-state index in [4.69, 9.17) is 0 Å². The standard InChI is InChI=1S/C9H14N4/c1-13-6-5-10-8(7-13)9-11-3-2-4-12-9/h2-4,8,10H,5-7H2,1H3. The monoisotopic (exact) mass is 178 g/mol. The molecule has 1 aliphatic rings. The first-order chi connectivity index (χ1) is 6.36. The van der Waals surface area contributed by atoms with Crippen LogP contribution in [0.25, 0.3) is 0 Å². The maximum atomic E-state index is 4.24. The number of rotatable bonds is 1. The molecule has 0 saturated carbocycles. The minimum absolute atomic E-state index is 0.292. The third-order valence-electron chi connectivity index (χ3n) is 2.28. The van der Waals surface area contributed by atoms with Crippen molar-refractivity contribution in [3.8, 4) is 0 Å². The molecule has 1 aromatic heterocycles. The minimum Gasteiger partial charge on any atom is -0.305 e. The van der Waals surface area contributed by atoms with Gasteiger partial charge in [0.25, 0.3) is 0 Å². The van der Waals surface area contributed by atoms with Gasteiger partial charge in [0, 0.05) is 32.0 Å². The predicted octanol–water partition coefficient (Wildman–Crippen LogP) is 0.0527. The molecule has 0 aromatic carbocycles. The fraction of sp³-hybridized carbons (Fsp3) is 0.556. The van der Waals surface area contributed by atoms with E-state index in [1.807, 2.05) is 6.07 Å². The lowest BCUT2D eigenvalue weighted by Crippen LogP contribution is -2.44. The molecule has 1 unspecified atom stereocenters. The summed E-state index contributed by atoms with van der Waals surface area (Å²) in [4.78, 5) is 10.8. The molecule has 70 valence electrons. The van der Waals surface area contributed by atoms with E-state index in [-0.39, 0.29) is 0 Å². The molecule has 0 aliphatic carbocycles. The fourth-order valence-corrected chi connectivity index (χ4v) is 1.56. The molecule has 1 atom stereocenters. The molecule has 1 aromatic rings. The van der Waals surface area contributed by atoms with Crippen molar-refractivity contribution < 1.29 is 0 Å². The summed E-state index contributed by atoms with van der Waals surface area (Å²) in [6, 6.07) is 2.13. The van der Waals surface area contributed by atoms with Gasteiger partial charge in [-0.05, 0) is 13.1 Å². The number of nitrogens with one attached hydrogen (secondary N) is 1. The zero-order valence-electron chi connectivity index (χ0n) is 7.77. The maximum absolute atomic E-state index is 4.24. The minimum atomic E-state index is 0.292. The second kappa shape index (κ2) is 3.81. The maximum Gasteiger partial charge on any atom is 0.146 e. The van der Waals surface area contributed by atoms with E-state index in [1.54, 1.807) is 12.4 Å². The molecule has 0 bridgehead atoms. The van der Waals surface area contributed by atoms with Gasteiger partial charge in [-0.2, -0.15) is 0 Å². The first-order valence-corrected chi connectivity index (χ1v) is 4.55. The van der Waals surface area contributed by atoms with Crippen molar-refractivity contribution in [2.24, 2.45) is 0 Å². The summed E-state index contributed by atoms with van der Waals surface area (Å²) in [6.07, 6.45) is 3.58. The Hall–Kier alpha value is -1.00. The van der Waals surface area contributed by atoms with E-state index in [0.717, 1.165) is 25.5 Å². The Morgan fingerprint density at radius 1 is 1.46 bits per heavy atom. The molecule has 1 N–H and O–H groups in total. The lowest BCUT2D eigenvalue weighted by Gasteiger charge is -2.29. The summed E-state index contributed by atoms with van der Waals surface area (Å²) in [5, 5.41) is 3.40. The summed E-state index contributed by atoms with van der Waals surface area (Å²) >= 11 is 0. The molecule has 1 fully saturated rings. The Balaban J connectivity index is 2.08. The van der Waals surface area contributed by atoms with Gasteiger partial charge in [0.15, 0.2) is 0 Å². The third kappa shape index (κ3) is 2.02. The third-order valence-corrected chi connectivity index (χ3v) is 2.28. The van der Waals surface area contributed by atoms with Crippen molar-refractivity contribution in [2.45, 2.75) is 6.04 Å². The molecule has 0 radical (unpaired) electrons. The number of likely N-dealkylation sites (N-methyl/N-ethyl adjacent to an activating group) is 1. The Kier molecular flexibility index (Phi) is 2.52.